The van der Waals surface area contributed by atoms with Gasteiger partial charge in [-0.1, -0.05) is 15.9 Å². The van der Waals surface area contributed by atoms with E-state index in [1.165, 1.54) is 11.3 Å². The standard InChI is InChI=1S/C16H14BrN5O2S/c1-8-7-25-16(18-8)19-15(24)9-4-13(23)22(6-9)14-11-3-2-10(17)5-12(11)20-21-14/h2-3,5,7,9H,4,6H2,1H3,(H,20,21)(H,18,19,24)/t9-/m0/s1. The fraction of sp³-hybridized carbons (Fsp3) is 0.250. The Labute approximate surface area is 155 Å². The van der Waals surface area contributed by atoms with E-state index < -0.39 is 5.92 Å². The fourth-order valence-corrected chi connectivity index (χ4v) is 3.94. The van der Waals surface area contributed by atoms with Crippen LogP contribution in [0.1, 0.15) is 12.1 Å². The molecule has 1 saturated heterocycles. The van der Waals surface area contributed by atoms with E-state index in [1.54, 1.807) is 4.90 Å². The Kier molecular flexibility index (Phi) is 4.04. The molecule has 3 heterocycles. The number of rotatable bonds is 3. The lowest BCUT2D eigenvalue weighted by Gasteiger charge is -2.13. The van der Waals surface area contributed by atoms with Crippen LogP contribution in [0.15, 0.2) is 28.1 Å². The molecule has 0 unspecified atom stereocenters. The van der Waals surface area contributed by atoms with E-state index in [0.717, 1.165) is 21.1 Å². The number of carbonyl (C=O) groups excluding carboxylic acids is 2. The molecule has 0 spiro atoms. The summed E-state index contributed by atoms with van der Waals surface area (Å²) >= 11 is 4.79. The van der Waals surface area contributed by atoms with Gasteiger partial charge in [0.15, 0.2) is 10.9 Å². The van der Waals surface area contributed by atoms with Crippen LogP contribution in [-0.4, -0.2) is 33.5 Å². The number of halogens is 1. The highest BCUT2D eigenvalue weighted by Gasteiger charge is 2.37. The molecule has 1 aromatic carbocycles. The minimum atomic E-state index is -0.418. The normalized spacial score (nSPS) is 17.4. The molecule has 2 aromatic heterocycles. The Morgan fingerprint density at radius 1 is 1.48 bits per heavy atom. The van der Waals surface area contributed by atoms with E-state index in [1.807, 2.05) is 30.5 Å². The molecular formula is C16H14BrN5O2S. The van der Waals surface area contributed by atoms with Crippen LogP contribution in [0, 0.1) is 12.8 Å². The Morgan fingerprint density at radius 3 is 3.08 bits per heavy atom. The lowest BCUT2D eigenvalue weighted by atomic mass is 10.1. The first-order valence-electron chi connectivity index (χ1n) is 7.68. The van der Waals surface area contributed by atoms with Crippen molar-refractivity contribution in [2.75, 3.05) is 16.8 Å². The van der Waals surface area contributed by atoms with Crippen molar-refractivity contribution in [3.63, 3.8) is 0 Å². The van der Waals surface area contributed by atoms with Crippen molar-refractivity contribution in [1.82, 2.24) is 15.2 Å². The number of nitrogens with zero attached hydrogens (tertiary/aromatic N) is 3. The summed E-state index contributed by atoms with van der Waals surface area (Å²) in [6.45, 7) is 2.18. The first kappa shape index (κ1) is 16.2. The van der Waals surface area contributed by atoms with E-state index in [0.29, 0.717) is 17.5 Å². The van der Waals surface area contributed by atoms with Crippen LogP contribution >= 0.6 is 27.3 Å². The lowest BCUT2D eigenvalue weighted by Crippen LogP contribution is -2.28. The maximum atomic E-state index is 12.4. The van der Waals surface area contributed by atoms with Gasteiger partial charge in [0.25, 0.3) is 0 Å². The van der Waals surface area contributed by atoms with Gasteiger partial charge in [-0.2, -0.15) is 5.10 Å². The molecule has 0 aliphatic carbocycles. The van der Waals surface area contributed by atoms with E-state index in [9.17, 15) is 9.59 Å². The number of H-pyrrole nitrogens is 1. The van der Waals surface area contributed by atoms with Crippen LogP contribution in [0.3, 0.4) is 0 Å². The van der Waals surface area contributed by atoms with Crippen molar-refractivity contribution in [3.8, 4) is 0 Å². The van der Waals surface area contributed by atoms with Gasteiger partial charge in [0.05, 0.1) is 17.1 Å². The van der Waals surface area contributed by atoms with Gasteiger partial charge in [-0.3, -0.25) is 19.6 Å². The van der Waals surface area contributed by atoms with E-state index in [4.69, 9.17) is 0 Å². The Bertz CT molecular complexity index is 982. The smallest absolute Gasteiger partial charge is 0.231 e. The predicted octanol–water partition coefficient (Wildman–Crippen LogP) is 3.08. The molecule has 1 atom stereocenters. The largest absolute Gasteiger partial charge is 0.302 e. The van der Waals surface area contributed by atoms with Gasteiger partial charge in [-0.15, -0.1) is 11.3 Å². The highest BCUT2D eigenvalue weighted by molar-refractivity contribution is 9.10. The van der Waals surface area contributed by atoms with Crippen LogP contribution < -0.4 is 10.2 Å². The highest BCUT2D eigenvalue weighted by Crippen LogP contribution is 2.31. The number of amides is 2. The molecule has 25 heavy (non-hydrogen) atoms. The number of anilines is 2. The number of thiazole rings is 1. The van der Waals surface area contributed by atoms with Crippen LogP contribution in [0.25, 0.3) is 10.9 Å². The lowest BCUT2D eigenvalue weighted by molar-refractivity contribution is -0.122. The summed E-state index contributed by atoms with van der Waals surface area (Å²) in [6, 6.07) is 5.70. The molecule has 2 N–H and O–H groups in total. The van der Waals surface area contributed by atoms with Gasteiger partial charge < -0.3 is 5.32 Å². The molecule has 1 aliphatic heterocycles. The molecule has 7 nitrogen and oxygen atoms in total. The second-order valence-corrected chi connectivity index (χ2v) is 7.70. The number of aromatic nitrogens is 3. The number of aryl methyl sites for hydroxylation is 1. The monoisotopic (exact) mass is 419 g/mol. The molecule has 1 fully saturated rings. The zero-order valence-corrected chi connectivity index (χ0v) is 15.6. The zero-order valence-electron chi connectivity index (χ0n) is 13.2. The van der Waals surface area contributed by atoms with Gasteiger partial charge in [0.1, 0.15) is 0 Å². The second kappa shape index (κ2) is 6.23. The average Bonchev–Trinajstić information content (AvgIpc) is 3.25. The van der Waals surface area contributed by atoms with Crippen molar-refractivity contribution in [2.24, 2.45) is 5.92 Å². The first-order valence-corrected chi connectivity index (χ1v) is 9.35. The number of benzene rings is 1. The number of hydrogen-bond donors (Lipinski definition) is 2. The molecule has 0 bridgehead atoms. The SMILES string of the molecule is Cc1csc(NC(=O)[C@H]2CC(=O)N(c3n[nH]c4cc(Br)ccc34)C2)n1. The maximum Gasteiger partial charge on any atom is 0.231 e. The Morgan fingerprint density at radius 2 is 2.32 bits per heavy atom. The van der Waals surface area contributed by atoms with Gasteiger partial charge >= 0.3 is 0 Å². The van der Waals surface area contributed by atoms with E-state index in [2.05, 4.69) is 36.4 Å². The summed E-state index contributed by atoms with van der Waals surface area (Å²) in [5.74, 6) is -0.147. The molecule has 2 amide bonds. The van der Waals surface area contributed by atoms with Crippen molar-refractivity contribution < 1.29 is 9.59 Å². The minimum Gasteiger partial charge on any atom is -0.302 e. The van der Waals surface area contributed by atoms with Crippen LogP contribution in [0.2, 0.25) is 0 Å². The van der Waals surface area contributed by atoms with Gasteiger partial charge in [-0.05, 0) is 25.1 Å². The molecule has 1 aliphatic rings. The van der Waals surface area contributed by atoms with Crippen LogP contribution in [-0.2, 0) is 9.59 Å². The third kappa shape index (κ3) is 3.05. The minimum absolute atomic E-state index is 0.105. The molecule has 0 saturated carbocycles. The zero-order chi connectivity index (χ0) is 17.6. The molecule has 9 heteroatoms. The molecule has 128 valence electrons. The van der Waals surface area contributed by atoms with Crippen LogP contribution in [0.5, 0.6) is 0 Å². The number of nitrogens with one attached hydrogen (secondary N) is 2. The van der Waals surface area contributed by atoms with E-state index >= 15 is 0 Å². The Balaban J connectivity index is 1.54. The third-order valence-electron chi connectivity index (χ3n) is 4.11. The van der Waals surface area contributed by atoms with Crippen molar-refractivity contribution >= 4 is 60.9 Å². The summed E-state index contributed by atoms with van der Waals surface area (Å²) in [5, 5.41) is 13.3. The molecule has 0 radical (unpaired) electrons. The van der Waals surface area contributed by atoms with Crippen molar-refractivity contribution in [1.29, 1.82) is 0 Å². The summed E-state index contributed by atoms with van der Waals surface area (Å²) in [7, 11) is 0. The number of aromatic amines is 1. The van der Waals surface area contributed by atoms with Gasteiger partial charge in [0.2, 0.25) is 11.8 Å². The molecule has 4 rings (SSSR count). The van der Waals surface area contributed by atoms with Crippen LogP contribution in [0.4, 0.5) is 10.9 Å². The molecule has 3 aromatic rings. The number of hydrogen-bond acceptors (Lipinski definition) is 5. The highest BCUT2D eigenvalue weighted by atomic mass is 79.9. The predicted molar refractivity (Wildman–Crippen MR) is 99.7 cm³/mol. The number of fused-ring (bicyclic) bond motifs is 1. The number of carbonyl (C=O) groups is 2. The average molecular weight is 420 g/mol. The summed E-state index contributed by atoms with van der Waals surface area (Å²) < 4.78 is 0.930. The summed E-state index contributed by atoms with van der Waals surface area (Å²) in [5.41, 5.74) is 1.70. The van der Waals surface area contributed by atoms with E-state index in [-0.39, 0.29) is 18.2 Å². The van der Waals surface area contributed by atoms with Gasteiger partial charge in [0, 0.05) is 28.2 Å². The second-order valence-electron chi connectivity index (χ2n) is 5.93. The third-order valence-corrected chi connectivity index (χ3v) is 5.47. The first-order chi connectivity index (χ1) is 12.0. The fourth-order valence-electron chi connectivity index (χ4n) is 2.89. The quantitative estimate of drug-likeness (QED) is 0.682. The van der Waals surface area contributed by atoms with Crippen molar-refractivity contribution in [3.05, 3.63) is 33.7 Å². The van der Waals surface area contributed by atoms with Gasteiger partial charge in [-0.25, -0.2) is 4.98 Å². The molecular weight excluding hydrogens is 406 g/mol. The summed E-state index contributed by atoms with van der Waals surface area (Å²) in [6.07, 6.45) is 0.168. The topological polar surface area (TPSA) is 91.0 Å². The maximum absolute atomic E-state index is 12.4. The summed E-state index contributed by atoms with van der Waals surface area (Å²) in [4.78, 5) is 30.7. The Hall–Kier alpha value is -2.26. The van der Waals surface area contributed by atoms with Crippen molar-refractivity contribution in [2.45, 2.75) is 13.3 Å².